The van der Waals surface area contributed by atoms with Crippen LogP contribution in [-0.4, -0.2) is 43.3 Å². The number of hydrogen-bond donors (Lipinski definition) is 2. The van der Waals surface area contributed by atoms with Gasteiger partial charge in [0, 0.05) is 19.1 Å². The summed E-state index contributed by atoms with van der Waals surface area (Å²) in [5.74, 6) is 5.67. The largest absolute Gasteiger partial charge is 0.374 e. The fraction of sp³-hybridized carbons (Fsp3) is 1.00. The van der Waals surface area contributed by atoms with Crippen molar-refractivity contribution in [2.45, 2.75) is 52.7 Å². The number of nitrogens with zero attached hydrogens (tertiary/aromatic N) is 1. The van der Waals surface area contributed by atoms with E-state index in [1.165, 1.54) is 0 Å². The molecule has 0 aromatic rings. The zero-order valence-corrected chi connectivity index (χ0v) is 11.8. The molecule has 4 heteroatoms. The Kier molecular flexibility index (Phi) is 5.86. The van der Waals surface area contributed by atoms with Gasteiger partial charge in [0.15, 0.2) is 0 Å². The number of likely N-dealkylation sites (N-methyl/N-ethyl adjacent to an activating group) is 1. The third-order valence-corrected chi connectivity index (χ3v) is 3.49. The number of hydrazine groups is 1. The molecule has 2 unspecified atom stereocenters. The zero-order valence-electron chi connectivity index (χ0n) is 11.8. The van der Waals surface area contributed by atoms with Gasteiger partial charge in [-0.05, 0) is 24.8 Å². The molecule has 4 nitrogen and oxygen atoms in total. The molecule has 1 heterocycles. The van der Waals surface area contributed by atoms with Crippen molar-refractivity contribution in [3.8, 4) is 0 Å². The second-order valence-electron chi connectivity index (χ2n) is 6.17. The number of ether oxygens (including phenoxy) is 1. The Hall–Kier alpha value is -0.160. The first-order valence-electron chi connectivity index (χ1n) is 6.76. The topological polar surface area (TPSA) is 50.5 Å². The highest BCUT2D eigenvalue weighted by molar-refractivity contribution is 4.82. The van der Waals surface area contributed by atoms with E-state index in [0.717, 1.165) is 39.1 Å². The van der Waals surface area contributed by atoms with Crippen LogP contribution in [0.1, 0.15) is 40.5 Å². The average Bonchev–Trinajstić information content (AvgIpc) is 2.29. The highest BCUT2D eigenvalue weighted by Crippen LogP contribution is 2.23. The molecule has 1 aliphatic rings. The van der Waals surface area contributed by atoms with E-state index in [9.17, 15) is 0 Å². The van der Waals surface area contributed by atoms with Gasteiger partial charge in [-0.15, -0.1) is 0 Å². The van der Waals surface area contributed by atoms with E-state index in [1.807, 2.05) is 0 Å². The Labute approximate surface area is 106 Å². The summed E-state index contributed by atoms with van der Waals surface area (Å²) in [5.41, 5.74) is 3.29. The molecule has 1 fully saturated rings. The number of morpholine rings is 1. The number of hydrogen-bond acceptors (Lipinski definition) is 4. The molecule has 3 N–H and O–H groups in total. The van der Waals surface area contributed by atoms with E-state index in [-0.39, 0.29) is 12.1 Å². The maximum atomic E-state index is 5.84. The molecule has 2 atom stereocenters. The van der Waals surface area contributed by atoms with E-state index in [4.69, 9.17) is 10.6 Å². The summed E-state index contributed by atoms with van der Waals surface area (Å²) >= 11 is 0. The summed E-state index contributed by atoms with van der Waals surface area (Å²) in [5, 5.41) is 0. The smallest absolute Gasteiger partial charge is 0.0868 e. The van der Waals surface area contributed by atoms with Crippen LogP contribution >= 0.6 is 0 Å². The third-order valence-electron chi connectivity index (χ3n) is 3.49. The molecule has 17 heavy (non-hydrogen) atoms. The molecule has 1 aliphatic heterocycles. The Morgan fingerprint density at radius 3 is 2.71 bits per heavy atom. The first-order chi connectivity index (χ1) is 7.96. The van der Waals surface area contributed by atoms with E-state index in [0.29, 0.717) is 5.41 Å². The molecule has 0 saturated carbocycles. The van der Waals surface area contributed by atoms with Gasteiger partial charge in [0.05, 0.1) is 12.7 Å². The number of nitrogens with one attached hydrogen (secondary N) is 1. The molecule has 1 saturated heterocycles. The van der Waals surface area contributed by atoms with Gasteiger partial charge in [-0.25, -0.2) is 0 Å². The van der Waals surface area contributed by atoms with E-state index >= 15 is 0 Å². The van der Waals surface area contributed by atoms with Crippen molar-refractivity contribution in [1.82, 2.24) is 10.3 Å². The molecule has 102 valence electrons. The van der Waals surface area contributed by atoms with Gasteiger partial charge in [0.1, 0.15) is 0 Å². The second kappa shape index (κ2) is 6.69. The predicted octanol–water partition coefficient (Wildman–Crippen LogP) is 1.37. The van der Waals surface area contributed by atoms with Crippen LogP contribution in [0.3, 0.4) is 0 Å². The van der Waals surface area contributed by atoms with Crippen LogP contribution in [0, 0.1) is 5.41 Å². The summed E-state index contributed by atoms with van der Waals surface area (Å²) in [6, 6.07) is 0.267. The van der Waals surface area contributed by atoms with Crippen molar-refractivity contribution in [2.75, 3.05) is 26.2 Å². The Morgan fingerprint density at radius 1 is 1.47 bits per heavy atom. The lowest BCUT2D eigenvalue weighted by atomic mass is 9.87. The SMILES string of the molecule is CCN1CCOC(C(CCC(C)(C)C)NN)C1. The van der Waals surface area contributed by atoms with E-state index in [1.54, 1.807) is 0 Å². The third kappa shape index (κ3) is 5.34. The first-order valence-corrected chi connectivity index (χ1v) is 6.76. The monoisotopic (exact) mass is 243 g/mol. The van der Waals surface area contributed by atoms with E-state index in [2.05, 4.69) is 38.0 Å². The van der Waals surface area contributed by atoms with Gasteiger partial charge in [0.25, 0.3) is 0 Å². The van der Waals surface area contributed by atoms with Crippen molar-refractivity contribution < 1.29 is 4.74 Å². The molecular weight excluding hydrogens is 214 g/mol. The highest BCUT2D eigenvalue weighted by atomic mass is 16.5. The lowest BCUT2D eigenvalue weighted by molar-refractivity contribution is -0.0475. The molecule has 0 aromatic heterocycles. The minimum atomic E-state index is 0.232. The van der Waals surface area contributed by atoms with Gasteiger partial charge in [-0.3, -0.25) is 16.2 Å². The van der Waals surface area contributed by atoms with Crippen LogP contribution in [-0.2, 0) is 4.74 Å². The van der Waals surface area contributed by atoms with E-state index < -0.39 is 0 Å². The van der Waals surface area contributed by atoms with Crippen LogP contribution in [0.5, 0.6) is 0 Å². The molecule has 0 radical (unpaired) electrons. The Balaban J connectivity index is 2.43. The van der Waals surface area contributed by atoms with Crippen molar-refractivity contribution in [3.63, 3.8) is 0 Å². The predicted molar refractivity (Wildman–Crippen MR) is 71.7 cm³/mol. The summed E-state index contributed by atoms with van der Waals surface area (Å²) < 4.78 is 5.84. The van der Waals surface area contributed by atoms with Gasteiger partial charge >= 0.3 is 0 Å². The van der Waals surface area contributed by atoms with Crippen molar-refractivity contribution >= 4 is 0 Å². The van der Waals surface area contributed by atoms with Crippen LogP contribution in [0.15, 0.2) is 0 Å². The van der Waals surface area contributed by atoms with Crippen molar-refractivity contribution in [1.29, 1.82) is 0 Å². The molecule has 0 bridgehead atoms. The van der Waals surface area contributed by atoms with Crippen molar-refractivity contribution in [3.05, 3.63) is 0 Å². The maximum Gasteiger partial charge on any atom is 0.0868 e. The van der Waals surface area contributed by atoms with Gasteiger partial charge in [0.2, 0.25) is 0 Å². The standard InChI is InChI=1S/C13H29N3O/c1-5-16-8-9-17-12(10-16)11(15-14)6-7-13(2,3)4/h11-12,15H,5-10,14H2,1-4H3. The highest BCUT2D eigenvalue weighted by Gasteiger charge is 2.27. The molecular formula is C13H29N3O. The lowest BCUT2D eigenvalue weighted by Gasteiger charge is -2.37. The van der Waals surface area contributed by atoms with Gasteiger partial charge in [-0.1, -0.05) is 27.7 Å². The fourth-order valence-corrected chi connectivity index (χ4v) is 2.23. The fourth-order valence-electron chi connectivity index (χ4n) is 2.23. The second-order valence-corrected chi connectivity index (χ2v) is 6.17. The molecule has 0 aromatic carbocycles. The van der Waals surface area contributed by atoms with Crippen molar-refractivity contribution in [2.24, 2.45) is 11.3 Å². The van der Waals surface area contributed by atoms with Crippen LogP contribution in [0.2, 0.25) is 0 Å². The maximum absolute atomic E-state index is 5.84. The summed E-state index contributed by atoms with van der Waals surface area (Å²) in [6.45, 7) is 13.0. The summed E-state index contributed by atoms with van der Waals surface area (Å²) in [6.07, 6.45) is 2.46. The molecule has 0 aliphatic carbocycles. The van der Waals surface area contributed by atoms with Crippen LogP contribution in [0.25, 0.3) is 0 Å². The molecule has 1 rings (SSSR count). The normalized spacial score (nSPS) is 24.9. The number of rotatable bonds is 5. The lowest BCUT2D eigenvalue weighted by Crippen LogP contribution is -2.54. The minimum Gasteiger partial charge on any atom is -0.374 e. The first kappa shape index (κ1) is 14.9. The quantitative estimate of drug-likeness (QED) is 0.565. The van der Waals surface area contributed by atoms with Crippen LogP contribution in [0.4, 0.5) is 0 Å². The summed E-state index contributed by atoms with van der Waals surface area (Å²) in [7, 11) is 0. The number of nitrogens with two attached hydrogens (primary N) is 1. The average molecular weight is 243 g/mol. The van der Waals surface area contributed by atoms with Gasteiger partial charge in [-0.2, -0.15) is 0 Å². The van der Waals surface area contributed by atoms with Crippen LogP contribution < -0.4 is 11.3 Å². The molecule has 0 spiro atoms. The zero-order chi connectivity index (χ0) is 12.9. The minimum absolute atomic E-state index is 0.232. The Bertz CT molecular complexity index is 215. The Morgan fingerprint density at radius 2 is 2.18 bits per heavy atom. The van der Waals surface area contributed by atoms with Gasteiger partial charge < -0.3 is 4.74 Å². The molecule has 0 amide bonds. The summed E-state index contributed by atoms with van der Waals surface area (Å²) in [4.78, 5) is 2.43.